The molecule has 0 aromatic carbocycles. The summed E-state index contributed by atoms with van der Waals surface area (Å²) in [6.07, 6.45) is 8.17. The van der Waals surface area contributed by atoms with Crippen molar-refractivity contribution in [2.45, 2.75) is 64.5 Å². The van der Waals surface area contributed by atoms with Crippen molar-refractivity contribution in [2.75, 3.05) is 40.3 Å². The summed E-state index contributed by atoms with van der Waals surface area (Å²) in [4.78, 5) is 5.12. The molecule has 0 aromatic heterocycles. The van der Waals surface area contributed by atoms with Gasteiger partial charge in [0.15, 0.2) is 0 Å². The van der Waals surface area contributed by atoms with Gasteiger partial charge in [0, 0.05) is 31.7 Å². The number of likely N-dealkylation sites (tertiary alicyclic amines) is 1. The third-order valence-corrected chi connectivity index (χ3v) is 5.09. The van der Waals surface area contributed by atoms with E-state index in [0.717, 1.165) is 12.1 Å². The lowest BCUT2D eigenvalue weighted by Crippen LogP contribution is -2.45. The minimum Gasteiger partial charge on any atom is -0.313 e. The van der Waals surface area contributed by atoms with Crippen LogP contribution in [0.15, 0.2) is 0 Å². The minimum atomic E-state index is 0.434. The third kappa shape index (κ3) is 5.01. The van der Waals surface area contributed by atoms with Crippen molar-refractivity contribution in [1.29, 1.82) is 0 Å². The molecule has 0 radical (unpaired) electrons. The number of hydrogen-bond donors (Lipinski definition) is 1. The maximum Gasteiger partial charge on any atom is 0.0220 e. The Hall–Kier alpha value is -0.120. The maximum atomic E-state index is 3.75. The van der Waals surface area contributed by atoms with Crippen LogP contribution in [0.4, 0.5) is 0 Å². The highest BCUT2D eigenvalue weighted by Crippen LogP contribution is 2.27. The summed E-state index contributed by atoms with van der Waals surface area (Å²) in [5.74, 6) is 0. The molecule has 1 aliphatic carbocycles. The van der Waals surface area contributed by atoms with Crippen molar-refractivity contribution in [3.8, 4) is 0 Å². The first-order valence-electron chi connectivity index (χ1n) is 8.64. The Bertz CT molecular complexity index is 290. The molecule has 1 heterocycles. The fraction of sp³-hybridized carbons (Fsp3) is 1.00. The van der Waals surface area contributed by atoms with E-state index < -0.39 is 0 Å². The van der Waals surface area contributed by atoms with Crippen molar-refractivity contribution in [3.05, 3.63) is 0 Å². The molecule has 1 N–H and O–H groups in total. The standard InChI is InChI=1S/C17H35N3/c1-5-10-17(2,13-18-15-8-9-15)14-19(3)12-16-7-6-11-20(16)4/h15-16,18H,5-14H2,1-4H3. The van der Waals surface area contributed by atoms with Crippen LogP contribution in [0.3, 0.4) is 0 Å². The summed E-state index contributed by atoms with van der Waals surface area (Å²) in [6, 6.07) is 1.61. The van der Waals surface area contributed by atoms with E-state index >= 15 is 0 Å². The predicted octanol–water partition coefficient (Wildman–Crippen LogP) is 2.57. The highest BCUT2D eigenvalue weighted by molar-refractivity contribution is 4.88. The van der Waals surface area contributed by atoms with Gasteiger partial charge in [-0.3, -0.25) is 0 Å². The number of hydrogen-bond acceptors (Lipinski definition) is 3. The molecule has 2 atom stereocenters. The monoisotopic (exact) mass is 281 g/mol. The summed E-state index contributed by atoms with van der Waals surface area (Å²) in [7, 11) is 4.60. The Kier molecular flexibility index (Phi) is 5.88. The topological polar surface area (TPSA) is 18.5 Å². The third-order valence-electron chi connectivity index (χ3n) is 5.09. The van der Waals surface area contributed by atoms with Crippen LogP contribution in [0.2, 0.25) is 0 Å². The number of nitrogens with one attached hydrogen (secondary N) is 1. The van der Waals surface area contributed by atoms with Gasteiger partial charge >= 0.3 is 0 Å². The number of rotatable bonds is 9. The molecule has 2 fully saturated rings. The molecule has 20 heavy (non-hydrogen) atoms. The van der Waals surface area contributed by atoms with Crippen molar-refractivity contribution in [2.24, 2.45) is 5.41 Å². The molecule has 3 nitrogen and oxygen atoms in total. The van der Waals surface area contributed by atoms with Gasteiger partial charge in [-0.2, -0.15) is 0 Å². The second-order valence-corrected chi connectivity index (χ2v) is 7.69. The number of nitrogens with zero attached hydrogens (tertiary/aromatic N) is 2. The van der Waals surface area contributed by atoms with Crippen LogP contribution in [0.5, 0.6) is 0 Å². The van der Waals surface area contributed by atoms with Gasteiger partial charge in [0.2, 0.25) is 0 Å². The highest BCUT2D eigenvalue weighted by atomic mass is 15.2. The van der Waals surface area contributed by atoms with Crippen molar-refractivity contribution in [3.63, 3.8) is 0 Å². The van der Waals surface area contributed by atoms with Gasteiger partial charge in [0.25, 0.3) is 0 Å². The predicted molar refractivity (Wildman–Crippen MR) is 87.2 cm³/mol. The minimum absolute atomic E-state index is 0.434. The molecular formula is C17H35N3. The normalized spacial score (nSPS) is 27.1. The van der Waals surface area contributed by atoms with Gasteiger partial charge in [0.05, 0.1) is 0 Å². The van der Waals surface area contributed by atoms with Crippen LogP contribution >= 0.6 is 0 Å². The van der Waals surface area contributed by atoms with E-state index in [-0.39, 0.29) is 0 Å². The van der Waals surface area contributed by atoms with Crippen LogP contribution in [0.1, 0.15) is 52.4 Å². The molecule has 0 spiro atoms. The zero-order valence-electron chi connectivity index (χ0n) is 14.1. The largest absolute Gasteiger partial charge is 0.313 e. The summed E-state index contributed by atoms with van der Waals surface area (Å²) < 4.78 is 0. The first-order valence-corrected chi connectivity index (χ1v) is 8.64. The molecule has 2 unspecified atom stereocenters. The fourth-order valence-electron chi connectivity index (χ4n) is 3.79. The highest BCUT2D eigenvalue weighted by Gasteiger charge is 2.30. The van der Waals surface area contributed by atoms with Crippen LogP contribution in [0, 0.1) is 5.41 Å². The second kappa shape index (κ2) is 7.24. The van der Waals surface area contributed by atoms with Gasteiger partial charge in [-0.1, -0.05) is 20.3 Å². The molecule has 0 amide bonds. The molecule has 1 saturated heterocycles. The molecule has 118 valence electrons. The maximum absolute atomic E-state index is 3.75. The van der Waals surface area contributed by atoms with E-state index in [9.17, 15) is 0 Å². The van der Waals surface area contributed by atoms with Gasteiger partial charge in [-0.15, -0.1) is 0 Å². The summed E-state index contributed by atoms with van der Waals surface area (Å²) in [5, 5.41) is 3.75. The quantitative estimate of drug-likeness (QED) is 0.701. The van der Waals surface area contributed by atoms with E-state index in [4.69, 9.17) is 0 Å². The smallest absolute Gasteiger partial charge is 0.0220 e. The Morgan fingerprint density at radius 3 is 2.60 bits per heavy atom. The average Bonchev–Trinajstić information content (AvgIpc) is 3.12. The molecule has 0 bridgehead atoms. The lowest BCUT2D eigenvalue weighted by atomic mass is 9.84. The second-order valence-electron chi connectivity index (χ2n) is 7.69. The van der Waals surface area contributed by atoms with E-state index in [1.54, 1.807) is 0 Å². The van der Waals surface area contributed by atoms with Crippen molar-refractivity contribution < 1.29 is 0 Å². The average molecular weight is 281 g/mol. The van der Waals surface area contributed by atoms with Crippen molar-refractivity contribution in [1.82, 2.24) is 15.1 Å². The molecule has 3 heteroatoms. The molecule has 0 aromatic rings. The van der Waals surface area contributed by atoms with Gasteiger partial charge in [0.1, 0.15) is 0 Å². The summed E-state index contributed by atoms with van der Waals surface area (Å²) >= 11 is 0. The van der Waals surface area contributed by atoms with Crippen LogP contribution in [-0.2, 0) is 0 Å². The van der Waals surface area contributed by atoms with Gasteiger partial charge in [-0.05, 0) is 58.2 Å². The van der Waals surface area contributed by atoms with E-state index in [2.05, 4.69) is 43.1 Å². The molecule has 2 rings (SSSR count). The fourth-order valence-corrected chi connectivity index (χ4v) is 3.79. The Labute approximate surface area is 126 Å². The lowest BCUT2D eigenvalue weighted by molar-refractivity contribution is 0.144. The zero-order valence-corrected chi connectivity index (χ0v) is 14.1. The number of likely N-dealkylation sites (N-methyl/N-ethyl adjacent to an activating group) is 2. The van der Waals surface area contributed by atoms with Gasteiger partial charge < -0.3 is 15.1 Å². The Morgan fingerprint density at radius 2 is 2.05 bits per heavy atom. The first kappa shape index (κ1) is 16.3. The van der Waals surface area contributed by atoms with E-state index in [1.165, 1.54) is 64.7 Å². The van der Waals surface area contributed by atoms with Crippen LogP contribution < -0.4 is 5.32 Å². The van der Waals surface area contributed by atoms with Crippen LogP contribution in [-0.4, -0.2) is 62.2 Å². The van der Waals surface area contributed by atoms with E-state index in [0.29, 0.717) is 5.41 Å². The SMILES string of the molecule is CCCC(C)(CNC1CC1)CN(C)CC1CCCN1C. The molecule has 2 aliphatic rings. The molecule has 1 saturated carbocycles. The summed E-state index contributed by atoms with van der Waals surface area (Å²) in [5.41, 5.74) is 0.434. The van der Waals surface area contributed by atoms with Gasteiger partial charge in [-0.25, -0.2) is 0 Å². The molecule has 1 aliphatic heterocycles. The van der Waals surface area contributed by atoms with Crippen LogP contribution in [0.25, 0.3) is 0 Å². The lowest BCUT2D eigenvalue weighted by Gasteiger charge is -2.36. The zero-order chi connectivity index (χ0) is 14.6. The van der Waals surface area contributed by atoms with E-state index in [1.807, 2.05) is 0 Å². The molecular weight excluding hydrogens is 246 g/mol. The Morgan fingerprint density at radius 1 is 1.30 bits per heavy atom. The summed E-state index contributed by atoms with van der Waals surface area (Å²) in [6.45, 7) is 9.73. The first-order chi connectivity index (χ1) is 9.52. The Balaban J connectivity index is 1.78. The van der Waals surface area contributed by atoms with Crippen molar-refractivity contribution >= 4 is 0 Å².